The minimum Gasteiger partial charge on any atom is -0.505 e. The number of thioether (sulfide) groups is 1. The molecule has 0 spiro atoms. The zero-order valence-corrected chi connectivity index (χ0v) is 12.7. The Hall–Kier alpha value is -2.47. The SMILES string of the molecule is CCSc1cccc(C(=O)Nc2cccc(C(=O)O)c2O)c1. The number of carbonyl (C=O) groups excluding carboxylic acids is 1. The summed E-state index contributed by atoms with van der Waals surface area (Å²) in [5, 5.41) is 21.4. The van der Waals surface area contributed by atoms with Crippen LogP contribution < -0.4 is 5.32 Å². The van der Waals surface area contributed by atoms with Crippen LogP contribution in [0.25, 0.3) is 0 Å². The van der Waals surface area contributed by atoms with Crippen molar-refractivity contribution in [3.63, 3.8) is 0 Å². The number of para-hydroxylation sites is 1. The highest BCUT2D eigenvalue weighted by Crippen LogP contribution is 2.28. The molecule has 0 atom stereocenters. The zero-order valence-electron chi connectivity index (χ0n) is 11.9. The molecule has 5 nitrogen and oxygen atoms in total. The first kappa shape index (κ1) is 15.9. The molecule has 2 aromatic carbocycles. The number of amides is 1. The number of anilines is 1. The molecule has 0 saturated heterocycles. The van der Waals surface area contributed by atoms with E-state index in [4.69, 9.17) is 5.11 Å². The van der Waals surface area contributed by atoms with Gasteiger partial charge in [-0.15, -0.1) is 11.8 Å². The smallest absolute Gasteiger partial charge is 0.339 e. The lowest BCUT2D eigenvalue weighted by Gasteiger charge is -2.09. The minimum absolute atomic E-state index is 0.0680. The fraction of sp³-hybridized carbons (Fsp3) is 0.125. The Morgan fingerprint density at radius 3 is 2.59 bits per heavy atom. The molecular weight excluding hydrogens is 302 g/mol. The molecule has 0 radical (unpaired) electrons. The lowest BCUT2D eigenvalue weighted by Crippen LogP contribution is -2.12. The van der Waals surface area contributed by atoms with E-state index in [-0.39, 0.29) is 11.3 Å². The maximum atomic E-state index is 12.2. The third-order valence-corrected chi connectivity index (χ3v) is 3.80. The summed E-state index contributed by atoms with van der Waals surface area (Å²) < 4.78 is 0. The first-order valence-corrected chi connectivity index (χ1v) is 7.61. The lowest BCUT2D eigenvalue weighted by molar-refractivity contribution is 0.0693. The zero-order chi connectivity index (χ0) is 16.1. The van der Waals surface area contributed by atoms with Crippen molar-refractivity contribution in [2.45, 2.75) is 11.8 Å². The average Bonchev–Trinajstić information content (AvgIpc) is 2.49. The van der Waals surface area contributed by atoms with Crippen LogP contribution >= 0.6 is 11.8 Å². The van der Waals surface area contributed by atoms with E-state index in [9.17, 15) is 14.7 Å². The van der Waals surface area contributed by atoms with Gasteiger partial charge in [0.2, 0.25) is 0 Å². The quantitative estimate of drug-likeness (QED) is 0.581. The van der Waals surface area contributed by atoms with Gasteiger partial charge in [-0.3, -0.25) is 4.79 Å². The normalized spacial score (nSPS) is 10.2. The predicted octanol–water partition coefficient (Wildman–Crippen LogP) is 3.45. The van der Waals surface area contributed by atoms with E-state index in [1.807, 2.05) is 13.0 Å². The van der Waals surface area contributed by atoms with Crippen LogP contribution in [0.5, 0.6) is 5.75 Å². The van der Waals surface area contributed by atoms with Crippen LogP contribution in [0.1, 0.15) is 27.6 Å². The van der Waals surface area contributed by atoms with Gasteiger partial charge in [-0.05, 0) is 36.1 Å². The highest BCUT2D eigenvalue weighted by Gasteiger charge is 2.15. The number of benzene rings is 2. The van der Waals surface area contributed by atoms with E-state index in [0.29, 0.717) is 5.56 Å². The Labute approximate surface area is 132 Å². The fourth-order valence-electron chi connectivity index (χ4n) is 1.91. The number of nitrogens with one attached hydrogen (secondary N) is 1. The number of hydrogen-bond acceptors (Lipinski definition) is 4. The van der Waals surface area contributed by atoms with Crippen molar-refractivity contribution >= 4 is 29.3 Å². The number of carboxylic acids is 1. The molecule has 22 heavy (non-hydrogen) atoms. The van der Waals surface area contributed by atoms with Crippen LogP contribution in [-0.4, -0.2) is 27.8 Å². The number of aromatic carboxylic acids is 1. The second kappa shape index (κ2) is 7.00. The van der Waals surface area contributed by atoms with Gasteiger partial charge in [0.15, 0.2) is 5.75 Å². The van der Waals surface area contributed by atoms with Crippen LogP contribution in [0.4, 0.5) is 5.69 Å². The molecular formula is C16H15NO4S. The molecule has 114 valence electrons. The summed E-state index contributed by atoms with van der Waals surface area (Å²) in [4.78, 5) is 24.2. The third-order valence-electron chi connectivity index (χ3n) is 2.92. The van der Waals surface area contributed by atoms with Gasteiger partial charge >= 0.3 is 5.97 Å². The number of aromatic hydroxyl groups is 1. The van der Waals surface area contributed by atoms with E-state index in [2.05, 4.69) is 5.32 Å². The average molecular weight is 317 g/mol. The van der Waals surface area contributed by atoms with Crippen molar-refractivity contribution in [2.24, 2.45) is 0 Å². The molecule has 0 unspecified atom stereocenters. The highest BCUT2D eigenvalue weighted by atomic mass is 32.2. The molecule has 0 aliphatic heterocycles. The largest absolute Gasteiger partial charge is 0.505 e. The molecule has 0 aliphatic rings. The molecule has 0 heterocycles. The maximum Gasteiger partial charge on any atom is 0.339 e. The van der Waals surface area contributed by atoms with Gasteiger partial charge in [-0.1, -0.05) is 19.1 Å². The molecule has 0 saturated carbocycles. The number of carboxylic acid groups (broad SMARTS) is 1. The van der Waals surface area contributed by atoms with Crippen LogP contribution in [0, 0.1) is 0 Å². The molecule has 2 aromatic rings. The van der Waals surface area contributed by atoms with Crippen LogP contribution in [-0.2, 0) is 0 Å². The summed E-state index contributed by atoms with van der Waals surface area (Å²) in [7, 11) is 0. The van der Waals surface area contributed by atoms with Crippen LogP contribution in [0.2, 0.25) is 0 Å². The van der Waals surface area contributed by atoms with Crippen molar-refractivity contribution in [1.29, 1.82) is 0 Å². The second-order valence-corrected chi connectivity index (χ2v) is 5.76. The van der Waals surface area contributed by atoms with E-state index in [1.165, 1.54) is 18.2 Å². The molecule has 3 N–H and O–H groups in total. The van der Waals surface area contributed by atoms with Gasteiger partial charge in [0.05, 0.1) is 5.69 Å². The standard InChI is InChI=1S/C16H15NO4S/c1-2-22-11-6-3-5-10(9-11)15(19)17-13-8-4-7-12(14(13)18)16(20)21/h3-9,18H,2H2,1H3,(H,17,19)(H,20,21). The number of rotatable bonds is 5. The van der Waals surface area contributed by atoms with Crippen molar-refractivity contribution in [3.8, 4) is 5.75 Å². The number of phenols is 1. The Bertz CT molecular complexity index is 715. The maximum absolute atomic E-state index is 12.2. The van der Waals surface area contributed by atoms with Crippen LogP contribution in [0.3, 0.4) is 0 Å². The molecule has 0 fully saturated rings. The first-order valence-electron chi connectivity index (χ1n) is 6.62. The van der Waals surface area contributed by atoms with Crippen molar-refractivity contribution in [1.82, 2.24) is 0 Å². The summed E-state index contributed by atoms with van der Waals surface area (Å²) in [5.41, 5.74) is 0.255. The van der Waals surface area contributed by atoms with E-state index in [1.54, 1.807) is 30.0 Å². The number of hydrogen-bond donors (Lipinski definition) is 3. The van der Waals surface area contributed by atoms with Gasteiger partial charge < -0.3 is 15.5 Å². The monoisotopic (exact) mass is 317 g/mol. The summed E-state index contributed by atoms with van der Waals surface area (Å²) in [6.07, 6.45) is 0. The van der Waals surface area contributed by atoms with E-state index in [0.717, 1.165) is 10.6 Å². The summed E-state index contributed by atoms with van der Waals surface area (Å²) in [5.74, 6) is -1.22. The fourth-order valence-corrected chi connectivity index (χ4v) is 2.62. The first-order chi connectivity index (χ1) is 10.5. The third kappa shape index (κ3) is 3.59. The summed E-state index contributed by atoms with van der Waals surface area (Å²) in [6.45, 7) is 2.02. The highest BCUT2D eigenvalue weighted by molar-refractivity contribution is 7.99. The Balaban J connectivity index is 2.24. The summed E-state index contributed by atoms with van der Waals surface area (Å²) >= 11 is 1.62. The topological polar surface area (TPSA) is 86.6 Å². The van der Waals surface area contributed by atoms with Gasteiger partial charge in [0.1, 0.15) is 5.56 Å². The Morgan fingerprint density at radius 2 is 1.91 bits per heavy atom. The predicted molar refractivity (Wildman–Crippen MR) is 85.9 cm³/mol. The summed E-state index contributed by atoms with van der Waals surface area (Å²) in [6, 6.07) is 11.3. The Kier molecular flexibility index (Phi) is 5.06. The number of carbonyl (C=O) groups is 2. The van der Waals surface area contributed by atoms with Gasteiger partial charge in [-0.25, -0.2) is 4.79 Å². The Morgan fingerprint density at radius 1 is 1.18 bits per heavy atom. The van der Waals surface area contributed by atoms with Gasteiger partial charge in [-0.2, -0.15) is 0 Å². The minimum atomic E-state index is -1.25. The van der Waals surface area contributed by atoms with Crippen molar-refractivity contribution < 1.29 is 19.8 Å². The van der Waals surface area contributed by atoms with Gasteiger partial charge in [0.25, 0.3) is 5.91 Å². The molecule has 0 aliphatic carbocycles. The molecule has 2 rings (SSSR count). The second-order valence-electron chi connectivity index (χ2n) is 4.42. The molecule has 1 amide bonds. The molecule has 0 aromatic heterocycles. The van der Waals surface area contributed by atoms with E-state index >= 15 is 0 Å². The van der Waals surface area contributed by atoms with Crippen molar-refractivity contribution in [2.75, 3.05) is 11.1 Å². The molecule has 0 bridgehead atoms. The van der Waals surface area contributed by atoms with Gasteiger partial charge in [0, 0.05) is 10.5 Å². The van der Waals surface area contributed by atoms with E-state index < -0.39 is 17.6 Å². The molecule has 6 heteroatoms. The van der Waals surface area contributed by atoms with Crippen LogP contribution in [0.15, 0.2) is 47.4 Å². The van der Waals surface area contributed by atoms with Crippen molar-refractivity contribution in [3.05, 3.63) is 53.6 Å². The lowest BCUT2D eigenvalue weighted by atomic mass is 10.1.